The molecular weight excluding hydrogens is 318 g/mol. The van der Waals surface area contributed by atoms with Crippen LogP contribution in [-0.2, 0) is 0 Å². The maximum Gasteiger partial charge on any atom is 0.254 e. The van der Waals surface area contributed by atoms with Crippen molar-refractivity contribution in [2.24, 2.45) is 23.7 Å². The summed E-state index contributed by atoms with van der Waals surface area (Å²) in [4.78, 5) is 15.0. The summed E-state index contributed by atoms with van der Waals surface area (Å²) < 4.78 is 5.35. The Morgan fingerprint density at radius 2 is 1.92 bits per heavy atom. The van der Waals surface area contributed by atoms with Crippen LogP contribution in [0.25, 0.3) is 0 Å². The lowest BCUT2D eigenvalue weighted by molar-refractivity contribution is -0.0836. The zero-order valence-corrected chi connectivity index (χ0v) is 13.8. The molecule has 0 aromatic heterocycles. The minimum absolute atomic E-state index is 0.108. The number of aliphatic hydroxyl groups is 2. The van der Waals surface area contributed by atoms with Crippen molar-refractivity contribution in [3.63, 3.8) is 0 Å². The van der Waals surface area contributed by atoms with Crippen LogP contribution in [0.2, 0.25) is 0 Å². The number of ether oxygens (including phenoxy) is 1. The molecule has 5 nitrogen and oxygen atoms in total. The average molecular weight is 339 g/mol. The first kappa shape index (κ1) is 15.2. The molecule has 0 radical (unpaired) electrons. The summed E-state index contributed by atoms with van der Waals surface area (Å²) in [6.07, 6.45) is 6.03. The summed E-state index contributed by atoms with van der Waals surface area (Å²) in [5, 5.41) is 21.4. The number of carbonyl (C=O) groups is 1. The molecule has 5 rings (SSSR count). The first-order valence-electron chi connectivity index (χ1n) is 8.97. The van der Waals surface area contributed by atoms with Gasteiger partial charge in [0.1, 0.15) is 12.4 Å². The van der Waals surface area contributed by atoms with Gasteiger partial charge >= 0.3 is 0 Å². The fraction of sp³-hybridized carbons (Fsp3) is 0.550. The minimum Gasteiger partial charge on any atom is -0.481 e. The number of piperidine rings is 1. The Morgan fingerprint density at radius 3 is 2.64 bits per heavy atom. The van der Waals surface area contributed by atoms with E-state index in [1.54, 1.807) is 29.2 Å². The van der Waals surface area contributed by atoms with Gasteiger partial charge in [0, 0.05) is 5.56 Å². The van der Waals surface area contributed by atoms with Crippen LogP contribution in [0, 0.1) is 36.0 Å². The van der Waals surface area contributed by atoms with Gasteiger partial charge in [-0.25, -0.2) is 0 Å². The molecule has 3 saturated carbocycles. The maximum atomic E-state index is 13.2. The Morgan fingerprint density at radius 1 is 1.16 bits per heavy atom. The summed E-state index contributed by atoms with van der Waals surface area (Å²) in [6.45, 7) is 0.188. The number of terminal acetylenes is 1. The largest absolute Gasteiger partial charge is 0.481 e. The Hall–Kier alpha value is -2.03. The van der Waals surface area contributed by atoms with E-state index in [9.17, 15) is 15.0 Å². The van der Waals surface area contributed by atoms with E-state index in [1.165, 1.54) is 0 Å². The molecule has 0 unspecified atom stereocenters. The average Bonchev–Trinajstić information content (AvgIpc) is 3.19. The number of hydrogen-bond donors (Lipinski definition) is 2. The number of carbonyl (C=O) groups excluding carboxylic acids is 1. The van der Waals surface area contributed by atoms with Crippen LogP contribution in [0.1, 0.15) is 23.2 Å². The van der Waals surface area contributed by atoms with Crippen LogP contribution in [0.15, 0.2) is 24.3 Å². The van der Waals surface area contributed by atoms with Gasteiger partial charge < -0.3 is 19.8 Å². The molecule has 5 heteroatoms. The quantitative estimate of drug-likeness (QED) is 0.803. The van der Waals surface area contributed by atoms with E-state index < -0.39 is 12.2 Å². The van der Waals surface area contributed by atoms with Gasteiger partial charge in [-0.05, 0) is 60.8 Å². The molecule has 8 atom stereocenters. The van der Waals surface area contributed by atoms with Gasteiger partial charge in [0.05, 0.1) is 24.3 Å². The van der Waals surface area contributed by atoms with Crippen LogP contribution in [0.5, 0.6) is 5.75 Å². The maximum absolute atomic E-state index is 13.2. The van der Waals surface area contributed by atoms with E-state index in [-0.39, 0.29) is 42.4 Å². The highest BCUT2D eigenvalue weighted by molar-refractivity contribution is 5.95. The standard InChI is InChI=1S/C20H21NO4/c1-2-7-25-11-5-3-10(4-6-11)20(24)21-15-9-12-13-8-14(16(12)19(15)23)17(21)18(13)22/h1,3-6,12-19,22-23H,7-9H2/t12-,13-,14+,15+,16+,17+,18-,19-/m1/s1. The Labute approximate surface area is 146 Å². The van der Waals surface area contributed by atoms with Crippen LogP contribution in [0.3, 0.4) is 0 Å². The van der Waals surface area contributed by atoms with E-state index >= 15 is 0 Å². The van der Waals surface area contributed by atoms with Crippen LogP contribution < -0.4 is 4.74 Å². The number of hydrogen-bond acceptors (Lipinski definition) is 4. The molecule has 2 N–H and O–H groups in total. The van der Waals surface area contributed by atoms with E-state index in [4.69, 9.17) is 11.2 Å². The molecule has 1 saturated heterocycles. The zero-order valence-electron chi connectivity index (χ0n) is 13.8. The van der Waals surface area contributed by atoms with E-state index in [1.807, 2.05) is 0 Å². The fourth-order valence-electron chi connectivity index (χ4n) is 6.15. The topological polar surface area (TPSA) is 70.0 Å². The third kappa shape index (κ3) is 1.90. The van der Waals surface area contributed by atoms with Crippen molar-refractivity contribution < 1.29 is 19.7 Å². The van der Waals surface area contributed by atoms with Gasteiger partial charge in [0.25, 0.3) is 5.91 Å². The molecule has 4 aliphatic rings. The van der Waals surface area contributed by atoms with Gasteiger partial charge in [-0.15, -0.1) is 6.42 Å². The number of nitrogens with zero attached hydrogens (tertiary/aromatic N) is 1. The molecule has 3 aliphatic carbocycles. The number of rotatable bonds is 3. The van der Waals surface area contributed by atoms with Gasteiger partial charge in [-0.2, -0.15) is 0 Å². The molecule has 25 heavy (non-hydrogen) atoms. The third-order valence-corrected chi connectivity index (χ3v) is 6.95. The normalized spacial score (nSPS) is 42.7. The summed E-state index contributed by atoms with van der Waals surface area (Å²) in [5.74, 6) is 4.05. The zero-order chi connectivity index (χ0) is 17.3. The molecule has 130 valence electrons. The Balaban J connectivity index is 1.45. The molecule has 1 amide bonds. The second kappa shape index (κ2) is 5.23. The van der Waals surface area contributed by atoms with Crippen molar-refractivity contribution in [3.05, 3.63) is 29.8 Å². The van der Waals surface area contributed by atoms with Crippen LogP contribution >= 0.6 is 0 Å². The number of amides is 1. The Bertz CT molecular complexity index is 754. The van der Waals surface area contributed by atoms with Gasteiger partial charge in [0.15, 0.2) is 0 Å². The first-order chi connectivity index (χ1) is 12.1. The summed E-state index contributed by atoms with van der Waals surface area (Å²) in [5.41, 5.74) is 0.554. The minimum atomic E-state index is -0.453. The first-order valence-corrected chi connectivity index (χ1v) is 8.97. The number of fused-ring (bicyclic) bond motifs is 3. The van der Waals surface area contributed by atoms with Crippen molar-refractivity contribution in [1.29, 1.82) is 0 Å². The molecule has 4 fully saturated rings. The van der Waals surface area contributed by atoms with Gasteiger partial charge in [0.2, 0.25) is 0 Å². The fourth-order valence-corrected chi connectivity index (χ4v) is 6.15. The highest BCUT2D eigenvalue weighted by atomic mass is 16.5. The van der Waals surface area contributed by atoms with Crippen LogP contribution in [0.4, 0.5) is 0 Å². The predicted octanol–water partition coefficient (Wildman–Crippen LogP) is 0.899. The van der Waals surface area contributed by atoms with Crippen LogP contribution in [-0.4, -0.2) is 51.9 Å². The molecule has 4 bridgehead atoms. The second-order valence-corrected chi connectivity index (χ2v) is 7.81. The predicted molar refractivity (Wildman–Crippen MR) is 89.7 cm³/mol. The molecule has 0 spiro atoms. The molecule has 1 heterocycles. The smallest absolute Gasteiger partial charge is 0.254 e. The molecule has 1 aliphatic heterocycles. The number of benzene rings is 1. The SMILES string of the molecule is C#CCOc1ccc(C(=O)N2[C@@H]3[C@H](O)[C@@H]4C[C@H]3[C@H]3[C@H](O)[C@@H]2C[C@H]43)cc1. The van der Waals surface area contributed by atoms with Crippen molar-refractivity contribution in [2.45, 2.75) is 37.1 Å². The van der Waals surface area contributed by atoms with E-state index in [0.29, 0.717) is 17.2 Å². The van der Waals surface area contributed by atoms with Crippen molar-refractivity contribution in [1.82, 2.24) is 4.90 Å². The lowest BCUT2D eigenvalue weighted by atomic mass is 9.75. The van der Waals surface area contributed by atoms with E-state index in [2.05, 4.69) is 5.92 Å². The van der Waals surface area contributed by atoms with Gasteiger partial charge in [-0.1, -0.05) is 5.92 Å². The lowest BCUT2D eigenvalue weighted by Crippen LogP contribution is -2.62. The van der Waals surface area contributed by atoms with E-state index in [0.717, 1.165) is 12.8 Å². The summed E-state index contributed by atoms with van der Waals surface area (Å²) in [6, 6.07) is 6.61. The monoisotopic (exact) mass is 339 g/mol. The highest BCUT2D eigenvalue weighted by Crippen LogP contribution is 2.64. The lowest BCUT2D eigenvalue weighted by Gasteiger charge is -2.48. The summed E-state index contributed by atoms with van der Waals surface area (Å²) in [7, 11) is 0. The van der Waals surface area contributed by atoms with Crippen molar-refractivity contribution >= 4 is 5.91 Å². The summed E-state index contributed by atoms with van der Waals surface area (Å²) >= 11 is 0. The highest BCUT2D eigenvalue weighted by Gasteiger charge is 2.70. The number of likely N-dealkylation sites (tertiary alicyclic amines) is 1. The van der Waals surface area contributed by atoms with Crippen molar-refractivity contribution in [2.75, 3.05) is 6.61 Å². The second-order valence-electron chi connectivity index (χ2n) is 7.81. The Kier molecular flexibility index (Phi) is 3.19. The number of aliphatic hydroxyl groups excluding tert-OH is 2. The molecule has 1 aromatic rings. The molecular formula is C20H21NO4. The van der Waals surface area contributed by atoms with Crippen molar-refractivity contribution in [3.8, 4) is 18.1 Å². The molecule has 1 aromatic carbocycles. The van der Waals surface area contributed by atoms with Gasteiger partial charge in [-0.3, -0.25) is 4.79 Å². The third-order valence-electron chi connectivity index (χ3n) is 6.95.